The van der Waals surface area contributed by atoms with E-state index in [1.807, 2.05) is 17.0 Å². The molecule has 1 atom stereocenters. The highest BCUT2D eigenvalue weighted by atomic mass is 16.5. The molecule has 5 nitrogen and oxygen atoms in total. The molecule has 0 aliphatic carbocycles. The SMILES string of the molecule is COc1cccc(CN2CCC[C@@]3(CCN(C(=O)c4ccco4)C3)C2)c1. The van der Waals surface area contributed by atoms with E-state index < -0.39 is 0 Å². The minimum absolute atomic E-state index is 0.0248. The predicted molar refractivity (Wildman–Crippen MR) is 99.2 cm³/mol. The van der Waals surface area contributed by atoms with Crippen molar-refractivity contribution in [2.24, 2.45) is 5.41 Å². The third-order valence-corrected chi connectivity index (χ3v) is 5.74. The maximum absolute atomic E-state index is 12.6. The highest BCUT2D eigenvalue weighted by Crippen LogP contribution is 2.39. The number of ether oxygens (including phenoxy) is 1. The number of carbonyl (C=O) groups excluding carboxylic acids is 1. The van der Waals surface area contributed by atoms with E-state index in [-0.39, 0.29) is 11.3 Å². The van der Waals surface area contributed by atoms with Crippen LogP contribution in [-0.2, 0) is 6.54 Å². The fraction of sp³-hybridized carbons (Fsp3) is 0.476. The first kappa shape index (κ1) is 17.2. The summed E-state index contributed by atoms with van der Waals surface area (Å²) < 4.78 is 10.6. The maximum atomic E-state index is 12.6. The Hall–Kier alpha value is -2.27. The van der Waals surface area contributed by atoms with Crippen LogP contribution in [0.2, 0.25) is 0 Å². The normalized spacial score (nSPS) is 23.5. The van der Waals surface area contributed by atoms with Gasteiger partial charge in [-0.1, -0.05) is 12.1 Å². The predicted octanol–water partition coefficient (Wildman–Crippen LogP) is 3.42. The van der Waals surface area contributed by atoms with Crippen LogP contribution in [0.3, 0.4) is 0 Å². The highest BCUT2D eigenvalue weighted by Gasteiger charge is 2.43. The monoisotopic (exact) mass is 354 g/mol. The average molecular weight is 354 g/mol. The van der Waals surface area contributed by atoms with Crippen LogP contribution in [0.1, 0.15) is 35.4 Å². The highest BCUT2D eigenvalue weighted by molar-refractivity contribution is 5.91. The summed E-state index contributed by atoms with van der Waals surface area (Å²) in [5.41, 5.74) is 1.50. The van der Waals surface area contributed by atoms with Gasteiger partial charge in [0.1, 0.15) is 5.75 Å². The zero-order valence-corrected chi connectivity index (χ0v) is 15.3. The molecule has 3 heterocycles. The van der Waals surface area contributed by atoms with Crippen LogP contribution in [0.4, 0.5) is 0 Å². The Bertz CT molecular complexity index is 758. The number of methoxy groups -OCH3 is 1. The van der Waals surface area contributed by atoms with Crippen LogP contribution in [0.25, 0.3) is 0 Å². The van der Waals surface area contributed by atoms with E-state index in [4.69, 9.17) is 9.15 Å². The number of likely N-dealkylation sites (tertiary alicyclic amines) is 2. The minimum Gasteiger partial charge on any atom is -0.497 e. The molecule has 26 heavy (non-hydrogen) atoms. The Morgan fingerprint density at radius 3 is 2.92 bits per heavy atom. The lowest BCUT2D eigenvalue weighted by molar-refractivity contribution is 0.0651. The van der Waals surface area contributed by atoms with Crippen LogP contribution in [0.15, 0.2) is 47.1 Å². The third-order valence-electron chi connectivity index (χ3n) is 5.74. The van der Waals surface area contributed by atoms with Gasteiger partial charge in [0.05, 0.1) is 13.4 Å². The minimum atomic E-state index is 0.0248. The summed E-state index contributed by atoms with van der Waals surface area (Å²) in [6.07, 6.45) is 5.03. The molecule has 4 rings (SSSR count). The van der Waals surface area contributed by atoms with E-state index in [9.17, 15) is 4.79 Å². The molecule has 0 N–H and O–H groups in total. The molecule has 2 fully saturated rings. The first-order chi connectivity index (χ1) is 12.7. The van der Waals surface area contributed by atoms with Crippen LogP contribution >= 0.6 is 0 Å². The van der Waals surface area contributed by atoms with E-state index in [0.717, 1.165) is 44.9 Å². The Kier molecular flexibility index (Phi) is 4.72. The molecule has 5 heteroatoms. The lowest BCUT2D eigenvalue weighted by Crippen LogP contribution is -2.45. The van der Waals surface area contributed by atoms with Gasteiger partial charge in [0.15, 0.2) is 5.76 Å². The third kappa shape index (κ3) is 3.49. The summed E-state index contributed by atoms with van der Waals surface area (Å²) >= 11 is 0. The van der Waals surface area contributed by atoms with Gasteiger partial charge in [-0.3, -0.25) is 9.69 Å². The summed E-state index contributed by atoms with van der Waals surface area (Å²) in [7, 11) is 1.71. The van der Waals surface area contributed by atoms with Gasteiger partial charge >= 0.3 is 0 Å². The zero-order chi connectivity index (χ0) is 18.0. The summed E-state index contributed by atoms with van der Waals surface area (Å²) in [5.74, 6) is 1.38. The van der Waals surface area contributed by atoms with Crippen LogP contribution in [0.5, 0.6) is 5.75 Å². The van der Waals surface area contributed by atoms with E-state index in [0.29, 0.717) is 5.76 Å². The smallest absolute Gasteiger partial charge is 0.289 e. The Labute approximate surface area is 154 Å². The van der Waals surface area contributed by atoms with Gasteiger partial charge in [-0.15, -0.1) is 0 Å². The summed E-state index contributed by atoms with van der Waals surface area (Å²) in [5, 5.41) is 0. The molecule has 1 spiro atoms. The summed E-state index contributed by atoms with van der Waals surface area (Å²) in [6, 6.07) is 11.8. The van der Waals surface area contributed by atoms with Crippen molar-refractivity contribution in [3.8, 4) is 5.75 Å². The van der Waals surface area contributed by atoms with Gasteiger partial charge in [0, 0.05) is 31.6 Å². The lowest BCUT2D eigenvalue weighted by Gasteiger charge is -2.40. The number of furan rings is 1. The number of hydrogen-bond acceptors (Lipinski definition) is 4. The maximum Gasteiger partial charge on any atom is 0.289 e. The largest absolute Gasteiger partial charge is 0.497 e. The molecule has 2 aliphatic rings. The van der Waals surface area contributed by atoms with Gasteiger partial charge in [0.25, 0.3) is 5.91 Å². The molecule has 2 saturated heterocycles. The quantitative estimate of drug-likeness (QED) is 0.844. The second-order valence-electron chi connectivity index (χ2n) is 7.62. The Balaban J connectivity index is 1.41. The second-order valence-corrected chi connectivity index (χ2v) is 7.62. The van der Waals surface area contributed by atoms with Crippen LogP contribution < -0.4 is 4.74 Å². The fourth-order valence-corrected chi connectivity index (χ4v) is 4.47. The van der Waals surface area contributed by atoms with Gasteiger partial charge in [-0.2, -0.15) is 0 Å². The number of benzene rings is 1. The number of carbonyl (C=O) groups is 1. The van der Waals surface area contributed by atoms with Crippen molar-refractivity contribution in [3.63, 3.8) is 0 Å². The van der Waals surface area contributed by atoms with Crippen molar-refractivity contribution in [2.45, 2.75) is 25.8 Å². The van der Waals surface area contributed by atoms with Gasteiger partial charge in [-0.05, 0) is 55.6 Å². The van der Waals surface area contributed by atoms with Crippen molar-refractivity contribution < 1.29 is 13.9 Å². The Morgan fingerprint density at radius 1 is 1.19 bits per heavy atom. The molecule has 0 bridgehead atoms. The summed E-state index contributed by atoms with van der Waals surface area (Å²) in [6.45, 7) is 4.76. The van der Waals surface area contributed by atoms with Crippen molar-refractivity contribution in [2.75, 3.05) is 33.3 Å². The molecular formula is C21H26N2O3. The molecule has 1 amide bonds. The summed E-state index contributed by atoms with van der Waals surface area (Å²) in [4.78, 5) is 17.1. The second kappa shape index (κ2) is 7.16. The zero-order valence-electron chi connectivity index (χ0n) is 15.3. The standard InChI is InChI=1S/C21H26N2O3/c1-25-18-6-2-5-17(13-18)14-22-10-4-8-21(15-22)9-11-23(16-21)20(24)19-7-3-12-26-19/h2-3,5-7,12-13H,4,8-11,14-16H2,1H3/t21-/m1/s1. The topological polar surface area (TPSA) is 45.9 Å². The van der Waals surface area contributed by atoms with E-state index in [2.05, 4.69) is 17.0 Å². The average Bonchev–Trinajstić information content (AvgIpc) is 3.32. The van der Waals surface area contributed by atoms with Crippen molar-refractivity contribution >= 4 is 5.91 Å². The molecule has 0 radical (unpaired) electrons. The molecule has 0 saturated carbocycles. The molecule has 0 unspecified atom stereocenters. The number of piperidine rings is 1. The van der Waals surface area contributed by atoms with Crippen molar-refractivity contribution in [1.29, 1.82) is 0 Å². The number of hydrogen-bond donors (Lipinski definition) is 0. The van der Waals surface area contributed by atoms with Gasteiger partial charge in [0.2, 0.25) is 0 Å². The molecule has 1 aromatic carbocycles. The molecule has 2 aliphatic heterocycles. The first-order valence-corrected chi connectivity index (χ1v) is 9.36. The molecular weight excluding hydrogens is 328 g/mol. The first-order valence-electron chi connectivity index (χ1n) is 9.36. The van der Waals surface area contributed by atoms with Crippen molar-refractivity contribution in [1.82, 2.24) is 9.80 Å². The van der Waals surface area contributed by atoms with Crippen LogP contribution in [-0.4, -0.2) is 49.0 Å². The van der Waals surface area contributed by atoms with E-state index in [1.165, 1.54) is 18.4 Å². The molecule has 1 aromatic heterocycles. The lowest BCUT2D eigenvalue weighted by atomic mass is 9.79. The molecule has 2 aromatic rings. The van der Waals surface area contributed by atoms with Gasteiger partial charge in [-0.25, -0.2) is 0 Å². The van der Waals surface area contributed by atoms with E-state index in [1.54, 1.807) is 25.5 Å². The Morgan fingerprint density at radius 2 is 2.12 bits per heavy atom. The molecule has 138 valence electrons. The van der Waals surface area contributed by atoms with Crippen LogP contribution in [0, 0.1) is 5.41 Å². The van der Waals surface area contributed by atoms with Crippen molar-refractivity contribution in [3.05, 3.63) is 54.0 Å². The fourth-order valence-electron chi connectivity index (χ4n) is 4.47. The van der Waals surface area contributed by atoms with Gasteiger partial charge < -0.3 is 14.1 Å². The number of nitrogens with zero attached hydrogens (tertiary/aromatic N) is 2. The number of rotatable bonds is 4. The number of amides is 1. The van der Waals surface area contributed by atoms with E-state index >= 15 is 0 Å².